The van der Waals surface area contributed by atoms with Crippen molar-refractivity contribution in [3.8, 4) is 0 Å². The molecule has 2 rings (SSSR count). The van der Waals surface area contributed by atoms with E-state index in [0.717, 1.165) is 11.6 Å². The second-order valence-corrected chi connectivity index (χ2v) is 9.92. The lowest BCUT2D eigenvalue weighted by Gasteiger charge is -2.24. The fraction of sp³-hybridized carbons (Fsp3) is 0.381. The molecule has 1 N–H and O–H groups in total. The summed E-state index contributed by atoms with van der Waals surface area (Å²) in [7, 11) is -4.05. The van der Waals surface area contributed by atoms with Crippen molar-refractivity contribution in [2.45, 2.75) is 38.1 Å². The van der Waals surface area contributed by atoms with Crippen LogP contribution in [0.4, 0.5) is 5.69 Å². The smallest absolute Gasteiger partial charge is 0.289 e. The standard InChI is InChI=1S/C21H26ClN3O5S/c1-15(2)14-24(12-11-21(26)23-16(3)17-7-5-4-6-8-17)31(29,30)18-9-10-19(22)20(13-18)25(27)28/h4-10,13,15-16H,11-12,14H2,1-3H3,(H,23,26). The van der Waals surface area contributed by atoms with Gasteiger partial charge in [-0.15, -0.1) is 0 Å². The molecule has 0 aromatic heterocycles. The summed E-state index contributed by atoms with van der Waals surface area (Å²) < 4.78 is 27.5. The normalized spacial score (nSPS) is 12.7. The molecule has 2 aromatic rings. The molecule has 168 valence electrons. The second kappa shape index (κ2) is 10.7. The van der Waals surface area contributed by atoms with Gasteiger partial charge in [0.2, 0.25) is 15.9 Å². The number of hydrogen-bond donors (Lipinski definition) is 1. The summed E-state index contributed by atoms with van der Waals surface area (Å²) in [4.78, 5) is 22.6. The summed E-state index contributed by atoms with van der Waals surface area (Å²) >= 11 is 5.80. The van der Waals surface area contributed by atoms with Crippen LogP contribution in [0, 0.1) is 16.0 Å². The molecular weight excluding hydrogens is 442 g/mol. The third kappa shape index (κ3) is 6.75. The highest BCUT2D eigenvalue weighted by atomic mass is 35.5. The zero-order chi connectivity index (χ0) is 23.2. The maximum Gasteiger partial charge on any atom is 0.289 e. The van der Waals surface area contributed by atoms with E-state index in [1.165, 1.54) is 16.4 Å². The third-order valence-electron chi connectivity index (χ3n) is 4.59. The molecule has 1 unspecified atom stereocenters. The molecule has 0 bridgehead atoms. The average molecular weight is 468 g/mol. The fourth-order valence-electron chi connectivity index (χ4n) is 3.02. The number of carbonyl (C=O) groups excluding carboxylic acids is 1. The van der Waals surface area contributed by atoms with Crippen molar-refractivity contribution in [3.05, 3.63) is 69.2 Å². The van der Waals surface area contributed by atoms with Crippen LogP contribution in [0.5, 0.6) is 0 Å². The Bertz CT molecular complexity index is 1030. The van der Waals surface area contributed by atoms with E-state index in [-0.39, 0.29) is 47.3 Å². The Morgan fingerprint density at radius 1 is 1.16 bits per heavy atom. The maximum absolute atomic E-state index is 13.1. The molecule has 0 aliphatic rings. The largest absolute Gasteiger partial charge is 0.350 e. The minimum Gasteiger partial charge on any atom is -0.350 e. The van der Waals surface area contributed by atoms with E-state index in [0.29, 0.717) is 0 Å². The SMILES string of the molecule is CC(C)CN(CCC(=O)NC(C)c1ccccc1)S(=O)(=O)c1ccc(Cl)c([N+](=O)[O-])c1. The van der Waals surface area contributed by atoms with Crippen molar-refractivity contribution < 1.29 is 18.1 Å². The van der Waals surface area contributed by atoms with Crippen LogP contribution in [-0.2, 0) is 14.8 Å². The van der Waals surface area contributed by atoms with Crippen LogP contribution in [0.2, 0.25) is 5.02 Å². The first-order valence-electron chi connectivity index (χ1n) is 9.80. The Labute approximate surface area is 187 Å². The quantitative estimate of drug-likeness (QED) is 0.416. The van der Waals surface area contributed by atoms with Gasteiger partial charge in [-0.2, -0.15) is 4.31 Å². The van der Waals surface area contributed by atoms with E-state index >= 15 is 0 Å². The molecule has 8 nitrogen and oxygen atoms in total. The number of nitro groups is 1. The maximum atomic E-state index is 13.1. The van der Waals surface area contributed by atoms with Gasteiger partial charge in [0.15, 0.2) is 0 Å². The summed E-state index contributed by atoms with van der Waals surface area (Å²) in [6, 6.07) is 12.6. The van der Waals surface area contributed by atoms with Crippen molar-refractivity contribution in [3.63, 3.8) is 0 Å². The molecule has 0 saturated heterocycles. The fourth-order valence-corrected chi connectivity index (χ4v) is 4.84. The molecule has 0 saturated carbocycles. The Hall–Kier alpha value is -2.49. The number of carbonyl (C=O) groups is 1. The summed E-state index contributed by atoms with van der Waals surface area (Å²) in [5, 5.41) is 13.9. The van der Waals surface area contributed by atoms with E-state index < -0.39 is 20.6 Å². The topological polar surface area (TPSA) is 110 Å². The van der Waals surface area contributed by atoms with E-state index in [1.807, 2.05) is 51.1 Å². The van der Waals surface area contributed by atoms with Gasteiger partial charge in [-0.25, -0.2) is 8.42 Å². The van der Waals surface area contributed by atoms with Crippen LogP contribution in [0.15, 0.2) is 53.4 Å². The van der Waals surface area contributed by atoms with E-state index in [9.17, 15) is 23.3 Å². The van der Waals surface area contributed by atoms with Gasteiger partial charge in [0.25, 0.3) is 5.69 Å². The minimum absolute atomic E-state index is 0.0108. The Balaban J connectivity index is 2.16. The number of rotatable bonds is 10. The molecule has 0 radical (unpaired) electrons. The van der Waals surface area contributed by atoms with Gasteiger partial charge in [0.05, 0.1) is 15.9 Å². The highest BCUT2D eigenvalue weighted by Crippen LogP contribution is 2.29. The molecule has 10 heteroatoms. The lowest BCUT2D eigenvalue weighted by molar-refractivity contribution is -0.384. The molecule has 2 aromatic carbocycles. The average Bonchev–Trinajstić information content (AvgIpc) is 2.71. The summed E-state index contributed by atoms with van der Waals surface area (Å²) in [5.41, 5.74) is 0.456. The van der Waals surface area contributed by atoms with Gasteiger partial charge in [0.1, 0.15) is 5.02 Å². The number of nitro benzene ring substituents is 1. The lowest BCUT2D eigenvalue weighted by atomic mass is 10.1. The number of amides is 1. The van der Waals surface area contributed by atoms with E-state index in [2.05, 4.69) is 5.32 Å². The van der Waals surface area contributed by atoms with Gasteiger partial charge in [-0.1, -0.05) is 55.8 Å². The third-order valence-corrected chi connectivity index (χ3v) is 6.77. The van der Waals surface area contributed by atoms with Crippen molar-refractivity contribution in [2.75, 3.05) is 13.1 Å². The predicted molar refractivity (Wildman–Crippen MR) is 119 cm³/mol. The Morgan fingerprint density at radius 2 is 1.81 bits per heavy atom. The molecule has 0 spiro atoms. The van der Waals surface area contributed by atoms with Crippen LogP contribution in [-0.4, -0.2) is 36.6 Å². The minimum atomic E-state index is -4.05. The summed E-state index contributed by atoms with van der Waals surface area (Å²) in [6.07, 6.45) is -0.0429. The number of halogens is 1. The van der Waals surface area contributed by atoms with Gasteiger partial charge in [-0.05, 0) is 30.5 Å². The van der Waals surface area contributed by atoms with Crippen LogP contribution in [0.25, 0.3) is 0 Å². The van der Waals surface area contributed by atoms with E-state index in [4.69, 9.17) is 11.6 Å². The first-order chi connectivity index (χ1) is 14.5. The number of hydrogen-bond acceptors (Lipinski definition) is 5. The van der Waals surface area contributed by atoms with Gasteiger partial charge < -0.3 is 5.32 Å². The van der Waals surface area contributed by atoms with Gasteiger partial charge in [0, 0.05) is 25.6 Å². The van der Waals surface area contributed by atoms with Crippen molar-refractivity contribution in [1.29, 1.82) is 0 Å². The van der Waals surface area contributed by atoms with Crippen LogP contribution < -0.4 is 5.32 Å². The predicted octanol–water partition coefficient (Wildman–Crippen LogP) is 4.16. The highest BCUT2D eigenvalue weighted by molar-refractivity contribution is 7.89. The van der Waals surface area contributed by atoms with Gasteiger partial charge >= 0.3 is 0 Å². The molecule has 31 heavy (non-hydrogen) atoms. The second-order valence-electron chi connectivity index (χ2n) is 7.58. The van der Waals surface area contributed by atoms with Crippen molar-refractivity contribution in [2.24, 2.45) is 5.92 Å². The Morgan fingerprint density at radius 3 is 2.39 bits per heavy atom. The van der Waals surface area contributed by atoms with Gasteiger partial charge in [-0.3, -0.25) is 14.9 Å². The molecule has 0 fully saturated rings. The number of nitrogens with zero attached hydrogens (tertiary/aromatic N) is 2. The lowest BCUT2D eigenvalue weighted by Crippen LogP contribution is -2.38. The zero-order valence-corrected chi connectivity index (χ0v) is 19.2. The van der Waals surface area contributed by atoms with Crippen LogP contribution in [0.1, 0.15) is 38.8 Å². The van der Waals surface area contributed by atoms with Crippen molar-refractivity contribution >= 4 is 33.2 Å². The van der Waals surface area contributed by atoms with E-state index in [1.54, 1.807) is 0 Å². The first-order valence-corrected chi connectivity index (χ1v) is 11.6. The number of nitrogens with one attached hydrogen (secondary N) is 1. The molecule has 0 aliphatic carbocycles. The molecule has 1 atom stereocenters. The zero-order valence-electron chi connectivity index (χ0n) is 17.6. The Kier molecular flexibility index (Phi) is 8.55. The summed E-state index contributed by atoms with van der Waals surface area (Å²) in [5.74, 6) is -0.300. The number of sulfonamides is 1. The van der Waals surface area contributed by atoms with Crippen LogP contribution >= 0.6 is 11.6 Å². The van der Waals surface area contributed by atoms with Crippen LogP contribution in [0.3, 0.4) is 0 Å². The van der Waals surface area contributed by atoms with Crippen molar-refractivity contribution in [1.82, 2.24) is 9.62 Å². The molecule has 0 aliphatic heterocycles. The molecule has 0 heterocycles. The summed E-state index contributed by atoms with van der Waals surface area (Å²) in [6.45, 7) is 5.67. The molecule has 1 amide bonds. The first kappa shape index (κ1) is 24.8. The monoisotopic (exact) mass is 467 g/mol. The highest BCUT2D eigenvalue weighted by Gasteiger charge is 2.28. The number of benzene rings is 2. The molecular formula is C21H26ClN3O5S.